The Bertz CT molecular complexity index is 1120. The highest BCUT2D eigenvalue weighted by atomic mass is 35.5. The Balaban J connectivity index is 2.87. The van der Waals surface area contributed by atoms with Crippen molar-refractivity contribution in [1.29, 1.82) is 0 Å². The second-order valence-electron chi connectivity index (χ2n) is 5.28. The summed E-state index contributed by atoms with van der Waals surface area (Å²) in [7, 11) is -3.47. The first-order chi connectivity index (χ1) is 12.3. The molecule has 1 N–H and O–H groups in total. The summed E-state index contributed by atoms with van der Waals surface area (Å²) in [6.07, 6.45) is -5.00. The first kappa shape index (κ1) is 21.1. The van der Waals surface area contributed by atoms with E-state index in [0.717, 1.165) is 7.05 Å². The standard InChI is InChI=1S/C14H12ClF4N3O4S/c1-3-20-27(25,26)10-5-9(8(16)4-7(10)15)22-12(23)6-11(14(17,18)19)21(2)13(22)24/h4-6,20H,3H2,1-2H3. The van der Waals surface area contributed by atoms with Crippen molar-refractivity contribution in [3.63, 3.8) is 0 Å². The molecular formula is C14H12ClF4N3O4S. The van der Waals surface area contributed by atoms with Gasteiger partial charge in [-0.1, -0.05) is 18.5 Å². The number of sulfonamides is 1. The molecule has 1 aromatic heterocycles. The lowest BCUT2D eigenvalue weighted by atomic mass is 10.3. The van der Waals surface area contributed by atoms with Crippen LogP contribution < -0.4 is 16.0 Å². The second-order valence-corrected chi connectivity index (χ2v) is 7.42. The Hall–Kier alpha value is -2.18. The van der Waals surface area contributed by atoms with E-state index >= 15 is 0 Å². The molecule has 0 bridgehead atoms. The van der Waals surface area contributed by atoms with Crippen molar-refractivity contribution in [2.24, 2.45) is 7.05 Å². The van der Waals surface area contributed by atoms with Gasteiger partial charge in [0.05, 0.1) is 10.7 Å². The normalized spacial score (nSPS) is 12.4. The van der Waals surface area contributed by atoms with Crippen LogP contribution in [0.1, 0.15) is 12.6 Å². The molecule has 0 aliphatic carbocycles. The maximum absolute atomic E-state index is 14.3. The van der Waals surface area contributed by atoms with E-state index in [1.807, 2.05) is 0 Å². The molecule has 0 fully saturated rings. The largest absolute Gasteiger partial charge is 0.431 e. The molecule has 2 rings (SSSR count). The molecule has 27 heavy (non-hydrogen) atoms. The van der Waals surface area contributed by atoms with Gasteiger partial charge in [0.15, 0.2) is 0 Å². The van der Waals surface area contributed by atoms with Gasteiger partial charge >= 0.3 is 11.9 Å². The number of nitrogens with one attached hydrogen (secondary N) is 1. The van der Waals surface area contributed by atoms with Crippen LogP contribution in [-0.2, 0) is 23.2 Å². The Kier molecular flexibility index (Phi) is 5.55. The molecule has 0 atom stereocenters. The summed E-state index contributed by atoms with van der Waals surface area (Å²) < 4.78 is 79.5. The number of halogens is 5. The topological polar surface area (TPSA) is 90.2 Å². The van der Waals surface area contributed by atoms with Crippen LogP contribution in [0.25, 0.3) is 5.69 Å². The molecule has 0 saturated heterocycles. The monoisotopic (exact) mass is 429 g/mol. The van der Waals surface area contributed by atoms with E-state index in [1.165, 1.54) is 6.92 Å². The molecule has 0 amide bonds. The maximum Gasteiger partial charge on any atom is 0.431 e. The molecule has 148 valence electrons. The lowest BCUT2D eigenvalue weighted by molar-refractivity contribution is -0.144. The summed E-state index contributed by atoms with van der Waals surface area (Å²) in [5.74, 6) is -1.27. The number of aromatic nitrogens is 2. The first-order valence-electron chi connectivity index (χ1n) is 7.20. The van der Waals surface area contributed by atoms with Crippen molar-refractivity contribution in [2.75, 3.05) is 6.54 Å². The first-order valence-corrected chi connectivity index (χ1v) is 9.06. The fraction of sp³-hybridized carbons (Fsp3) is 0.286. The van der Waals surface area contributed by atoms with E-state index in [-0.39, 0.29) is 21.7 Å². The van der Waals surface area contributed by atoms with Crippen LogP contribution in [-0.4, -0.2) is 24.1 Å². The van der Waals surface area contributed by atoms with E-state index in [0.29, 0.717) is 12.1 Å². The van der Waals surface area contributed by atoms with E-state index in [2.05, 4.69) is 4.72 Å². The summed E-state index contributed by atoms with van der Waals surface area (Å²) >= 11 is 5.73. The van der Waals surface area contributed by atoms with E-state index in [9.17, 15) is 35.6 Å². The molecule has 0 saturated carbocycles. The molecule has 0 spiro atoms. The highest BCUT2D eigenvalue weighted by Gasteiger charge is 2.35. The van der Waals surface area contributed by atoms with E-state index in [4.69, 9.17) is 11.6 Å². The van der Waals surface area contributed by atoms with Crippen LogP contribution in [0.15, 0.2) is 32.7 Å². The van der Waals surface area contributed by atoms with Crippen LogP contribution >= 0.6 is 11.6 Å². The summed E-state index contributed by atoms with van der Waals surface area (Å²) in [5, 5.41) is -0.533. The van der Waals surface area contributed by atoms with Gasteiger partial charge in [0.1, 0.15) is 16.4 Å². The van der Waals surface area contributed by atoms with Crippen molar-refractivity contribution in [3.05, 3.63) is 55.6 Å². The van der Waals surface area contributed by atoms with Crippen molar-refractivity contribution in [3.8, 4) is 5.69 Å². The lowest BCUT2D eigenvalue weighted by Gasteiger charge is -2.15. The van der Waals surface area contributed by atoms with Gasteiger partial charge in [-0.3, -0.25) is 9.36 Å². The Morgan fingerprint density at radius 3 is 2.30 bits per heavy atom. The number of nitrogens with zero attached hydrogens (tertiary/aromatic N) is 2. The number of hydrogen-bond donors (Lipinski definition) is 1. The van der Waals surface area contributed by atoms with Crippen molar-refractivity contribution >= 4 is 21.6 Å². The van der Waals surface area contributed by atoms with Crippen LogP contribution in [0.5, 0.6) is 0 Å². The molecule has 1 heterocycles. The zero-order valence-corrected chi connectivity index (χ0v) is 15.3. The zero-order valence-electron chi connectivity index (χ0n) is 13.8. The SMILES string of the molecule is CCNS(=O)(=O)c1cc(-n2c(=O)cc(C(F)(F)F)n(C)c2=O)c(F)cc1Cl. The molecular weight excluding hydrogens is 418 g/mol. The summed E-state index contributed by atoms with van der Waals surface area (Å²) in [6.45, 7) is 1.43. The summed E-state index contributed by atoms with van der Waals surface area (Å²) in [4.78, 5) is 23.7. The third-order valence-corrected chi connectivity index (χ3v) is 5.49. The highest BCUT2D eigenvalue weighted by molar-refractivity contribution is 7.89. The van der Waals surface area contributed by atoms with Gasteiger partial charge < -0.3 is 0 Å². The fourth-order valence-corrected chi connectivity index (χ4v) is 3.86. The maximum atomic E-state index is 14.3. The third-order valence-electron chi connectivity index (χ3n) is 3.48. The predicted octanol–water partition coefficient (Wildman–Crippen LogP) is 1.65. The van der Waals surface area contributed by atoms with Crippen LogP contribution in [0.2, 0.25) is 5.02 Å². The minimum Gasteiger partial charge on any atom is -0.292 e. The zero-order chi connectivity index (χ0) is 20.7. The van der Waals surface area contributed by atoms with E-state index < -0.39 is 54.6 Å². The van der Waals surface area contributed by atoms with Gasteiger partial charge in [-0.2, -0.15) is 13.2 Å². The van der Waals surface area contributed by atoms with Gasteiger partial charge in [-0.25, -0.2) is 26.9 Å². The number of alkyl halides is 3. The minimum absolute atomic E-state index is 0.0344. The molecule has 0 aliphatic heterocycles. The predicted molar refractivity (Wildman–Crippen MR) is 88.1 cm³/mol. The van der Waals surface area contributed by atoms with Crippen LogP contribution in [0, 0.1) is 5.82 Å². The van der Waals surface area contributed by atoms with Gasteiger partial charge in [-0.05, 0) is 12.1 Å². The lowest BCUT2D eigenvalue weighted by Crippen LogP contribution is -2.41. The molecule has 0 aliphatic rings. The second kappa shape index (κ2) is 7.09. The smallest absolute Gasteiger partial charge is 0.292 e. The number of benzene rings is 1. The molecule has 0 radical (unpaired) electrons. The molecule has 13 heteroatoms. The Labute approximate surface area is 154 Å². The fourth-order valence-electron chi connectivity index (χ4n) is 2.28. The molecule has 1 aromatic carbocycles. The van der Waals surface area contributed by atoms with Crippen molar-refractivity contribution in [2.45, 2.75) is 18.0 Å². The van der Waals surface area contributed by atoms with Crippen LogP contribution in [0.3, 0.4) is 0 Å². The van der Waals surface area contributed by atoms with Crippen molar-refractivity contribution < 1.29 is 26.0 Å². The van der Waals surface area contributed by atoms with Crippen LogP contribution in [0.4, 0.5) is 17.6 Å². The third kappa shape index (κ3) is 3.92. The number of rotatable bonds is 4. The summed E-state index contributed by atoms with van der Waals surface area (Å²) in [5.41, 5.74) is -5.39. The average Bonchev–Trinajstić information content (AvgIpc) is 2.51. The van der Waals surface area contributed by atoms with Crippen molar-refractivity contribution in [1.82, 2.24) is 13.9 Å². The molecule has 0 unspecified atom stereocenters. The average molecular weight is 430 g/mol. The Morgan fingerprint density at radius 2 is 1.78 bits per heavy atom. The summed E-state index contributed by atoms with van der Waals surface area (Å²) in [6, 6.07) is 1.25. The number of hydrogen-bond acceptors (Lipinski definition) is 4. The quantitative estimate of drug-likeness (QED) is 0.748. The minimum atomic E-state index is -5.00. The highest BCUT2D eigenvalue weighted by Crippen LogP contribution is 2.28. The van der Waals surface area contributed by atoms with E-state index in [1.54, 1.807) is 0 Å². The van der Waals surface area contributed by atoms with Gasteiger partial charge in [0.25, 0.3) is 5.56 Å². The van der Waals surface area contributed by atoms with Gasteiger partial charge in [0.2, 0.25) is 10.0 Å². The molecule has 2 aromatic rings. The van der Waals surface area contributed by atoms with Gasteiger partial charge in [0, 0.05) is 19.7 Å². The molecule has 7 nitrogen and oxygen atoms in total. The van der Waals surface area contributed by atoms with Gasteiger partial charge in [-0.15, -0.1) is 0 Å². The Morgan fingerprint density at radius 1 is 1.19 bits per heavy atom.